The van der Waals surface area contributed by atoms with Gasteiger partial charge in [-0.3, -0.25) is 14.3 Å². The Hall–Kier alpha value is -3.89. The maximum Gasteiger partial charge on any atom is 0.416 e. The first-order valence-electron chi connectivity index (χ1n) is 10.8. The fraction of sp³-hybridized carbons (Fsp3) is 0.304. The van der Waals surface area contributed by atoms with Crippen molar-refractivity contribution in [1.29, 1.82) is 0 Å². The third kappa shape index (κ3) is 3.57. The molecule has 3 aromatic heterocycles. The fourth-order valence-electron chi connectivity index (χ4n) is 4.32. The summed E-state index contributed by atoms with van der Waals surface area (Å²) in [4.78, 5) is 31.8. The second-order valence-electron chi connectivity index (χ2n) is 8.20. The average Bonchev–Trinajstić information content (AvgIpc) is 3.38. The van der Waals surface area contributed by atoms with Crippen LogP contribution in [0.4, 0.5) is 13.2 Å². The first-order chi connectivity index (χ1) is 16.2. The lowest BCUT2D eigenvalue weighted by Gasteiger charge is -2.29. The second kappa shape index (κ2) is 7.86. The summed E-state index contributed by atoms with van der Waals surface area (Å²) in [6.45, 7) is 4.68. The summed E-state index contributed by atoms with van der Waals surface area (Å²) in [5.41, 5.74) is 1.27. The largest absolute Gasteiger partial charge is 0.416 e. The Morgan fingerprint density at radius 1 is 1.09 bits per heavy atom. The molecule has 0 aliphatic carbocycles. The minimum Gasteiger partial charge on any atom is -0.330 e. The Kier molecular flexibility index (Phi) is 5.07. The number of amides is 1. The van der Waals surface area contributed by atoms with Crippen molar-refractivity contribution in [1.82, 2.24) is 28.8 Å². The molecule has 1 aromatic carbocycles. The molecular formula is C23H21F3N6O2. The van der Waals surface area contributed by atoms with Crippen LogP contribution in [0.25, 0.3) is 16.6 Å². The Morgan fingerprint density at radius 2 is 1.88 bits per heavy atom. The van der Waals surface area contributed by atoms with Crippen LogP contribution in [-0.4, -0.2) is 41.3 Å². The molecule has 1 aliphatic rings. The minimum atomic E-state index is -4.48. The van der Waals surface area contributed by atoms with Gasteiger partial charge >= 0.3 is 6.18 Å². The monoisotopic (exact) mass is 470 g/mol. The van der Waals surface area contributed by atoms with Crippen LogP contribution in [0.2, 0.25) is 0 Å². The van der Waals surface area contributed by atoms with Crippen molar-refractivity contribution in [3.8, 4) is 5.69 Å². The summed E-state index contributed by atoms with van der Waals surface area (Å²) in [6.07, 6.45) is -1.21. The third-order valence-corrected chi connectivity index (χ3v) is 6.04. The van der Waals surface area contributed by atoms with Crippen molar-refractivity contribution in [3.63, 3.8) is 0 Å². The molecule has 1 aliphatic heterocycles. The maximum absolute atomic E-state index is 13.3. The van der Waals surface area contributed by atoms with Gasteiger partial charge in [-0.1, -0.05) is 0 Å². The summed E-state index contributed by atoms with van der Waals surface area (Å²) in [7, 11) is 0. The molecule has 0 spiro atoms. The normalized spacial score (nSPS) is 14.1. The number of alkyl halides is 3. The van der Waals surface area contributed by atoms with Gasteiger partial charge in [0.1, 0.15) is 11.4 Å². The number of fused-ring (bicyclic) bond motifs is 2. The van der Waals surface area contributed by atoms with Crippen molar-refractivity contribution < 1.29 is 18.0 Å². The summed E-state index contributed by atoms with van der Waals surface area (Å²) in [6, 6.07) is 6.69. The minimum absolute atomic E-state index is 0.0420. The van der Waals surface area contributed by atoms with E-state index in [1.54, 1.807) is 33.9 Å². The van der Waals surface area contributed by atoms with Crippen molar-refractivity contribution in [2.24, 2.45) is 0 Å². The number of aryl methyl sites for hydroxylation is 2. The van der Waals surface area contributed by atoms with E-state index >= 15 is 0 Å². The number of carbonyl (C=O) groups excluding carboxylic acids is 1. The van der Waals surface area contributed by atoms with E-state index in [1.807, 2.05) is 13.8 Å². The zero-order chi connectivity index (χ0) is 24.2. The predicted molar refractivity (Wildman–Crippen MR) is 118 cm³/mol. The molecule has 0 atom stereocenters. The first-order valence-corrected chi connectivity index (χ1v) is 10.8. The van der Waals surface area contributed by atoms with Gasteiger partial charge in [0.2, 0.25) is 0 Å². The number of aromatic nitrogens is 5. The molecule has 4 heterocycles. The number of rotatable bonds is 4. The zero-order valence-corrected chi connectivity index (χ0v) is 18.5. The van der Waals surface area contributed by atoms with Gasteiger partial charge in [0, 0.05) is 31.2 Å². The van der Waals surface area contributed by atoms with Crippen LogP contribution in [0.1, 0.15) is 34.4 Å². The fourth-order valence-corrected chi connectivity index (χ4v) is 4.32. The molecule has 0 saturated carbocycles. The van der Waals surface area contributed by atoms with Gasteiger partial charge in [-0.15, -0.1) is 0 Å². The molecule has 0 N–H and O–H groups in total. The van der Waals surface area contributed by atoms with Gasteiger partial charge in [0.05, 0.1) is 35.3 Å². The number of halogens is 3. The summed E-state index contributed by atoms with van der Waals surface area (Å²) in [5.74, 6) is -0.372. The van der Waals surface area contributed by atoms with Crippen molar-refractivity contribution in [2.75, 3.05) is 6.54 Å². The van der Waals surface area contributed by atoms with E-state index < -0.39 is 11.7 Å². The topological polar surface area (TPSA) is 78.0 Å². The van der Waals surface area contributed by atoms with Gasteiger partial charge in [-0.2, -0.15) is 18.3 Å². The Labute approximate surface area is 191 Å². The molecule has 0 unspecified atom stereocenters. The van der Waals surface area contributed by atoms with Crippen LogP contribution in [-0.2, 0) is 25.8 Å². The predicted octanol–water partition coefficient (Wildman–Crippen LogP) is 3.39. The van der Waals surface area contributed by atoms with E-state index in [2.05, 4.69) is 10.1 Å². The highest BCUT2D eigenvalue weighted by atomic mass is 19.4. The molecule has 4 aromatic rings. The third-order valence-electron chi connectivity index (χ3n) is 6.04. The van der Waals surface area contributed by atoms with Gasteiger partial charge < -0.3 is 14.0 Å². The molecule has 5 rings (SSSR count). The molecule has 34 heavy (non-hydrogen) atoms. The van der Waals surface area contributed by atoms with Crippen LogP contribution in [0.5, 0.6) is 0 Å². The summed E-state index contributed by atoms with van der Waals surface area (Å²) >= 11 is 0. The van der Waals surface area contributed by atoms with Gasteiger partial charge in [-0.05, 0) is 44.2 Å². The molecule has 0 fully saturated rings. The highest BCUT2D eigenvalue weighted by molar-refractivity contribution is 5.93. The molecule has 0 bridgehead atoms. The van der Waals surface area contributed by atoms with E-state index in [9.17, 15) is 22.8 Å². The quantitative estimate of drug-likeness (QED) is 0.458. The lowest BCUT2D eigenvalue weighted by Crippen LogP contribution is -2.44. The van der Waals surface area contributed by atoms with Crippen LogP contribution in [0, 0.1) is 6.92 Å². The SMILES string of the molecule is CCn1nc(CN2CCn3c(ccc(-n4cnc(C)c4)c3=O)C2=O)c2cc(C(F)(F)F)ccc21. The van der Waals surface area contributed by atoms with E-state index in [1.165, 1.54) is 15.5 Å². The average molecular weight is 470 g/mol. The second-order valence-corrected chi connectivity index (χ2v) is 8.20. The van der Waals surface area contributed by atoms with Gasteiger partial charge in [0.15, 0.2) is 0 Å². The number of imidazole rings is 1. The van der Waals surface area contributed by atoms with Crippen LogP contribution >= 0.6 is 0 Å². The standard InChI is InChI=1S/C23H21F3N6O2/c1-3-32-18-5-4-15(23(24,25)26)10-16(18)17(28-32)12-29-8-9-31-20(21(29)33)7-6-19(22(31)34)30-11-14(2)27-13-30/h4-7,10-11,13H,3,8-9,12H2,1-2H3. The number of pyridine rings is 1. The number of nitrogens with zero attached hydrogens (tertiary/aromatic N) is 6. The van der Waals surface area contributed by atoms with E-state index in [-0.39, 0.29) is 36.8 Å². The number of hydrogen-bond acceptors (Lipinski definition) is 4. The van der Waals surface area contributed by atoms with E-state index in [0.717, 1.165) is 17.8 Å². The van der Waals surface area contributed by atoms with Crippen molar-refractivity contribution >= 4 is 16.8 Å². The smallest absolute Gasteiger partial charge is 0.330 e. The van der Waals surface area contributed by atoms with Crippen molar-refractivity contribution in [2.45, 2.75) is 39.7 Å². The van der Waals surface area contributed by atoms with E-state index in [4.69, 9.17) is 0 Å². The van der Waals surface area contributed by atoms with Crippen LogP contribution < -0.4 is 5.56 Å². The van der Waals surface area contributed by atoms with Crippen LogP contribution in [0.3, 0.4) is 0 Å². The molecule has 8 nitrogen and oxygen atoms in total. The Morgan fingerprint density at radius 3 is 2.56 bits per heavy atom. The Balaban J connectivity index is 1.49. The van der Waals surface area contributed by atoms with Crippen molar-refractivity contribution in [3.05, 3.63) is 75.9 Å². The first kappa shape index (κ1) is 21.9. The van der Waals surface area contributed by atoms with Gasteiger partial charge in [-0.25, -0.2) is 4.98 Å². The molecular weight excluding hydrogens is 449 g/mol. The molecule has 1 amide bonds. The maximum atomic E-state index is 13.3. The highest BCUT2D eigenvalue weighted by Gasteiger charge is 2.32. The lowest BCUT2D eigenvalue weighted by molar-refractivity contribution is -0.137. The number of hydrogen-bond donors (Lipinski definition) is 0. The summed E-state index contributed by atoms with van der Waals surface area (Å²) < 4.78 is 44.5. The number of benzene rings is 1. The Bertz CT molecular complexity index is 1480. The molecule has 0 saturated heterocycles. The lowest BCUT2D eigenvalue weighted by atomic mass is 10.1. The molecule has 0 radical (unpaired) electrons. The highest BCUT2D eigenvalue weighted by Crippen LogP contribution is 2.33. The van der Waals surface area contributed by atoms with Crippen LogP contribution in [0.15, 0.2) is 47.7 Å². The van der Waals surface area contributed by atoms with Gasteiger partial charge in [0.25, 0.3) is 11.5 Å². The molecule has 11 heteroatoms. The summed E-state index contributed by atoms with van der Waals surface area (Å²) in [5, 5.41) is 4.83. The van der Waals surface area contributed by atoms with E-state index in [0.29, 0.717) is 28.8 Å². The zero-order valence-electron chi connectivity index (χ0n) is 18.5. The number of carbonyl (C=O) groups is 1. The molecule has 176 valence electrons.